The molecule has 0 unspecified atom stereocenters. The number of carbonyl (C=O) groups is 1. The van der Waals surface area contributed by atoms with Gasteiger partial charge in [0.25, 0.3) is 5.91 Å². The van der Waals surface area contributed by atoms with Crippen LogP contribution >= 0.6 is 0 Å². The zero-order valence-corrected chi connectivity index (χ0v) is 6.51. The van der Waals surface area contributed by atoms with E-state index < -0.39 is 5.91 Å². The van der Waals surface area contributed by atoms with Gasteiger partial charge in [0, 0.05) is 11.6 Å². The van der Waals surface area contributed by atoms with Gasteiger partial charge in [-0.2, -0.15) is 0 Å². The van der Waals surface area contributed by atoms with Crippen LogP contribution in [0.25, 0.3) is 10.9 Å². The molecule has 0 bridgehead atoms. The van der Waals surface area contributed by atoms with E-state index in [1.54, 1.807) is 6.07 Å². The van der Waals surface area contributed by atoms with E-state index in [4.69, 9.17) is 5.73 Å². The summed E-state index contributed by atoms with van der Waals surface area (Å²) in [6, 6.07) is 1.56. The lowest BCUT2D eigenvalue weighted by Gasteiger charge is -1.88. The number of hydrogen-bond acceptors (Lipinski definition) is 4. The summed E-state index contributed by atoms with van der Waals surface area (Å²) in [6.45, 7) is 0. The lowest BCUT2D eigenvalue weighted by molar-refractivity contribution is 0.0984. The van der Waals surface area contributed by atoms with Crippen LogP contribution in [0, 0.1) is 0 Å². The van der Waals surface area contributed by atoms with E-state index in [1.807, 2.05) is 0 Å². The predicted molar refractivity (Wildman–Crippen MR) is 43.2 cm³/mol. The maximum atomic E-state index is 10.8. The Kier molecular flexibility index (Phi) is 1.42. The minimum atomic E-state index is -0.677. The normalized spacial score (nSPS) is 10.5. The van der Waals surface area contributed by atoms with Crippen LogP contribution in [-0.4, -0.2) is 26.0 Å². The Balaban J connectivity index is 2.85. The van der Waals surface area contributed by atoms with Crippen LogP contribution < -0.4 is 5.73 Å². The Morgan fingerprint density at radius 1 is 1.62 bits per heavy atom. The first-order valence-electron chi connectivity index (χ1n) is 3.52. The van der Waals surface area contributed by atoms with E-state index in [0.717, 1.165) is 0 Å². The van der Waals surface area contributed by atoms with E-state index in [-0.39, 0.29) is 5.69 Å². The van der Waals surface area contributed by atoms with Crippen molar-refractivity contribution in [3.05, 3.63) is 24.2 Å². The minimum Gasteiger partial charge on any atom is -0.411 e. The summed E-state index contributed by atoms with van der Waals surface area (Å²) in [7, 11) is 0. The average Bonchev–Trinajstić information content (AvgIpc) is 2.45. The quantitative estimate of drug-likeness (QED) is 0.589. The third-order valence-corrected chi connectivity index (χ3v) is 1.70. The maximum absolute atomic E-state index is 10.8. The maximum Gasteiger partial charge on any atom is 0.269 e. The number of nitrogens with zero attached hydrogens (tertiary/aromatic N) is 3. The van der Waals surface area contributed by atoms with Gasteiger partial charge in [0.15, 0.2) is 5.69 Å². The molecule has 6 heteroatoms. The highest BCUT2D eigenvalue weighted by Crippen LogP contribution is 2.14. The van der Waals surface area contributed by atoms with Crippen molar-refractivity contribution in [1.29, 1.82) is 0 Å². The second-order valence-corrected chi connectivity index (χ2v) is 2.50. The fourth-order valence-corrected chi connectivity index (χ4v) is 1.13. The molecule has 2 rings (SSSR count). The molecule has 0 aromatic carbocycles. The van der Waals surface area contributed by atoms with E-state index in [1.165, 1.54) is 12.4 Å². The van der Waals surface area contributed by atoms with Crippen LogP contribution in [0.1, 0.15) is 10.5 Å². The molecule has 0 aliphatic carbocycles. The molecule has 6 nitrogen and oxygen atoms in total. The number of nitrogens with two attached hydrogens (primary N) is 1. The van der Waals surface area contributed by atoms with Crippen molar-refractivity contribution in [2.24, 2.45) is 5.73 Å². The second kappa shape index (κ2) is 2.44. The summed E-state index contributed by atoms with van der Waals surface area (Å²) in [5.41, 5.74) is 5.45. The molecule has 0 aliphatic rings. The molecule has 0 saturated heterocycles. The Morgan fingerprint density at radius 3 is 3.08 bits per heavy atom. The van der Waals surface area contributed by atoms with E-state index in [9.17, 15) is 10.0 Å². The number of carbonyl (C=O) groups excluding carboxylic acids is 1. The van der Waals surface area contributed by atoms with Gasteiger partial charge in [0.1, 0.15) is 5.52 Å². The van der Waals surface area contributed by atoms with Crippen molar-refractivity contribution in [3.63, 3.8) is 0 Å². The van der Waals surface area contributed by atoms with Crippen LogP contribution in [0.4, 0.5) is 0 Å². The number of aromatic nitrogens is 3. The number of hydrogen-bond donors (Lipinski definition) is 2. The van der Waals surface area contributed by atoms with Crippen molar-refractivity contribution in [2.75, 3.05) is 0 Å². The van der Waals surface area contributed by atoms with E-state index in [2.05, 4.69) is 10.1 Å². The highest BCUT2D eigenvalue weighted by molar-refractivity contribution is 6.03. The number of pyridine rings is 1. The average molecular weight is 178 g/mol. The van der Waals surface area contributed by atoms with Crippen molar-refractivity contribution in [1.82, 2.24) is 14.9 Å². The number of rotatable bonds is 1. The van der Waals surface area contributed by atoms with Gasteiger partial charge in [0.05, 0.1) is 6.20 Å². The molecule has 2 heterocycles. The first-order valence-corrected chi connectivity index (χ1v) is 3.52. The number of amides is 1. The molecule has 1 amide bonds. The first-order chi connectivity index (χ1) is 6.20. The zero-order valence-electron chi connectivity index (χ0n) is 6.51. The molecule has 0 aliphatic heterocycles. The van der Waals surface area contributed by atoms with E-state index in [0.29, 0.717) is 15.7 Å². The number of primary amides is 1. The van der Waals surface area contributed by atoms with Crippen molar-refractivity contribution >= 4 is 16.8 Å². The Hall–Kier alpha value is -2.11. The Bertz CT molecular complexity index is 476. The van der Waals surface area contributed by atoms with Gasteiger partial charge in [-0.1, -0.05) is 4.85 Å². The summed E-state index contributed by atoms with van der Waals surface area (Å²) < 4.78 is 0. The SMILES string of the molecule is NC(=O)c1nn(O)c2cnccc12. The summed E-state index contributed by atoms with van der Waals surface area (Å²) in [6.07, 6.45) is 2.89. The van der Waals surface area contributed by atoms with Crippen molar-refractivity contribution in [3.8, 4) is 0 Å². The van der Waals surface area contributed by atoms with Gasteiger partial charge in [-0.15, -0.1) is 5.10 Å². The highest BCUT2D eigenvalue weighted by Gasteiger charge is 2.13. The topological polar surface area (TPSA) is 94.0 Å². The minimum absolute atomic E-state index is 0.0416. The first kappa shape index (κ1) is 7.53. The van der Waals surface area contributed by atoms with Gasteiger partial charge in [0.2, 0.25) is 0 Å². The lowest BCUT2D eigenvalue weighted by atomic mass is 10.2. The molecule has 3 N–H and O–H groups in total. The van der Waals surface area contributed by atoms with E-state index >= 15 is 0 Å². The highest BCUT2D eigenvalue weighted by atomic mass is 16.5. The smallest absolute Gasteiger partial charge is 0.269 e. The molecule has 0 spiro atoms. The molecular weight excluding hydrogens is 172 g/mol. The fourth-order valence-electron chi connectivity index (χ4n) is 1.13. The molecule has 0 fully saturated rings. The molecule has 0 radical (unpaired) electrons. The second-order valence-electron chi connectivity index (χ2n) is 2.50. The van der Waals surface area contributed by atoms with Crippen LogP contribution in [0.2, 0.25) is 0 Å². The molecular formula is C7H6N4O2. The monoisotopic (exact) mass is 178 g/mol. The molecule has 0 atom stereocenters. The summed E-state index contributed by atoms with van der Waals surface area (Å²) in [5.74, 6) is -0.677. The third-order valence-electron chi connectivity index (χ3n) is 1.70. The Morgan fingerprint density at radius 2 is 2.38 bits per heavy atom. The molecule has 66 valence electrons. The molecule has 2 aromatic rings. The molecule has 2 aromatic heterocycles. The van der Waals surface area contributed by atoms with Crippen LogP contribution in [0.15, 0.2) is 18.5 Å². The molecule has 0 saturated carbocycles. The molecule has 13 heavy (non-hydrogen) atoms. The summed E-state index contributed by atoms with van der Waals surface area (Å²) in [4.78, 5) is 15.2. The van der Waals surface area contributed by atoms with Gasteiger partial charge in [-0.05, 0) is 6.07 Å². The fraction of sp³-hybridized carbons (Fsp3) is 0. The number of fused-ring (bicyclic) bond motifs is 1. The standard InChI is InChI=1S/C7H6N4O2/c8-7(12)6-4-1-2-9-3-5(4)11(13)10-6/h1-3,13H,(H2,8,12). The third kappa shape index (κ3) is 0.994. The predicted octanol–water partition coefficient (Wildman–Crippen LogP) is -0.233. The zero-order chi connectivity index (χ0) is 9.42. The lowest BCUT2D eigenvalue weighted by Crippen LogP contribution is -2.12. The van der Waals surface area contributed by atoms with Gasteiger partial charge < -0.3 is 10.9 Å². The Labute approximate surface area is 72.6 Å². The van der Waals surface area contributed by atoms with Gasteiger partial charge in [-0.3, -0.25) is 9.78 Å². The van der Waals surface area contributed by atoms with Gasteiger partial charge >= 0.3 is 0 Å². The largest absolute Gasteiger partial charge is 0.411 e. The van der Waals surface area contributed by atoms with Crippen molar-refractivity contribution in [2.45, 2.75) is 0 Å². The van der Waals surface area contributed by atoms with Gasteiger partial charge in [-0.25, -0.2) is 0 Å². The van der Waals surface area contributed by atoms with Crippen LogP contribution in [0.5, 0.6) is 0 Å². The summed E-state index contributed by atoms with van der Waals surface area (Å²) >= 11 is 0. The van der Waals surface area contributed by atoms with Crippen LogP contribution in [-0.2, 0) is 0 Å². The summed E-state index contributed by atoms with van der Waals surface area (Å²) in [5, 5.41) is 13.2. The van der Waals surface area contributed by atoms with Crippen LogP contribution in [0.3, 0.4) is 0 Å². The van der Waals surface area contributed by atoms with Crippen molar-refractivity contribution < 1.29 is 10.0 Å².